The maximum Gasteiger partial charge on any atom is 0.211 e. The zero-order valence-electron chi connectivity index (χ0n) is 83.0. The van der Waals surface area contributed by atoms with Crippen molar-refractivity contribution in [1.82, 2.24) is 122 Å². The second-order valence-corrected chi connectivity index (χ2v) is 43.9. The largest absolute Gasteiger partial charge is 0.383 e. The van der Waals surface area contributed by atoms with Crippen LogP contribution in [0.25, 0.3) is 0 Å². The highest BCUT2D eigenvalue weighted by Gasteiger charge is 2.34. The zero-order valence-corrected chi connectivity index (χ0v) is 93.2. The molecular formula is C96H122Cl6N38O2S7. The lowest BCUT2D eigenvalue weighted by Gasteiger charge is -2.44. The van der Waals surface area contributed by atoms with Crippen molar-refractivity contribution in [2.24, 2.45) is 30.6 Å². The topological polar surface area (TPSA) is 412 Å². The summed E-state index contributed by atoms with van der Waals surface area (Å²) in [5.74, 6) is 1.01. The Kier molecular flexibility index (Phi) is 40.2. The smallest absolute Gasteiger partial charge is 0.211 e. The van der Waals surface area contributed by atoms with Crippen LogP contribution in [-0.4, -0.2) is 359 Å². The van der Waals surface area contributed by atoms with Gasteiger partial charge < -0.3 is 81.7 Å². The van der Waals surface area contributed by atoms with Gasteiger partial charge in [0.25, 0.3) is 0 Å². The highest BCUT2D eigenvalue weighted by molar-refractivity contribution is 7.88. The Balaban J connectivity index is 0.000000128. The predicted molar refractivity (Wildman–Crippen MR) is 625 cm³/mol. The number of nitrogens with zero attached hydrogens (tertiary/aromatic N) is 24. The van der Waals surface area contributed by atoms with E-state index in [-0.39, 0.29) is 0 Å². The van der Waals surface area contributed by atoms with Gasteiger partial charge in [-0.05, 0) is 174 Å². The first-order chi connectivity index (χ1) is 72.1. The van der Waals surface area contributed by atoms with Crippen LogP contribution in [0.1, 0.15) is 113 Å². The van der Waals surface area contributed by atoms with Crippen LogP contribution in [0.5, 0.6) is 0 Å². The number of aromatic nitrogens is 8. The number of halogens is 6. The van der Waals surface area contributed by atoms with Gasteiger partial charge in [-0.15, -0.1) is 0 Å². The predicted octanol–water partition coefficient (Wildman–Crippen LogP) is 10.9. The summed E-state index contributed by atoms with van der Waals surface area (Å²) >= 11 is 68.9. The Hall–Kier alpha value is -10.7. The van der Waals surface area contributed by atoms with Crippen molar-refractivity contribution in [3.05, 3.63) is 187 Å². The molecule has 14 N–H and O–H groups in total. The van der Waals surface area contributed by atoms with E-state index in [2.05, 4.69) is 206 Å². The molecule has 0 saturated carbocycles. The van der Waals surface area contributed by atoms with Crippen LogP contribution in [0.15, 0.2) is 153 Å². The lowest BCUT2D eigenvalue weighted by Crippen LogP contribution is -2.57. The van der Waals surface area contributed by atoms with Gasteiger partial charge in [-0.1, -0.05) is 82.1 Å². The summed E-state index contributed by atoms with van der Waals surface area (Å²) in [4.78, 5) is 54.7. The fourth-order valence-electron chi connectivity index (χ4n) is 18.8. The number of sulfonamides is 1. The summed E-state index contributed by atoms with van der Waals surface area (Å²) in [5.41, 5.74) is 35.0. The molecule has 7 fully saturated rings. The lowest BCUT2D eigenvalue weighted by atomic mass is 10.00. The van der Waals surface area contributed by atoms with Gasteiger partial charge in [0.2, 0.25) is 10.0 Å². The number of fused-ring (bicyclic) bond motifs is 7. The Morgan fingerprint density at radius 1 is 0.349 bits per heavy atom. The summed E-state index contributed by atoms with van der Waals surface area (Å²) in [5, 5.41) is 61.0. The molecule has 13 aliphatic rings. The standard InChI is InChI=1S/2C18H20ClN7S.C17H23ClN6S.C15H21ClN6S.C14H19ClN6O2S2.C14H19ClN6S/c19-13-11-16-17(22-12-13)15(3-6-21-16)23-24-18(27)26-9-7-25(8-10-26)14-1-4-20-5-2-14;19-13-11-15-17(22-12-13)14(4-6-20-15)23-24-18(27)26-9-7-25(8-10-26)16-3-1-2-5-21-16;18-12-9-15-16(20-10-12)14(4-5-19-15)21-22-17(25)24-8-7-23-6-2-1-3-13(23)11-24;1-9-7-22(8-10(2)19-9)15(23)21-20-12-3-4-17-13-5-11(16)6-18-14(12)13;1-25(22,23)21-6-4-20(5-7-21)14(24)19-18-11-2-3-16-12-8-10(15)9-17-13(11)12;1-9-8-21(5-4-16-9)14(22)20-19-11-2-3-17-12-6-10(15)7-18-13(11)12/h1-2,4-5,11-12,21H,3,6-10H2,(H,24,27);1-3,5,11-12,20H,4,6-10H2,(H,24,27);9-10,13,19H,1-8,11H2,(H,22,25);5-6,9-10,17,19H,3-4,7-8H2,1-2H3,(H,21,23);8-9,16H,2-7H2,1H3,(H,19,24);6-7,9,16-17H,2-5,8H2,1H3,(H,20,22)/b23-15-;23-14-;21-14-;20-12-;18-11-;19-11-/t;;;9-,10+;;. The monoisotopic (exact) mass is 2270 g/mol. The second kappa shape index (κ2) is 54.0. The van der Waals surface area contributed by atoms with E-state index in [0.717, 1.165) is 291 Å². The van der Waals surface area contributed by atoms with Gasteiger partial charge in [0.1, 0.15) is 40.0 Å². The maximum absolute atomic E-state index is 11.6. The number of pyridine rings is 8. The normalized spacial score (nSPS) is 21.5. The Morgan fingerprint density at radius 3 is 1.01 bits per heavy atom. The minimum atomic E-state index is -3.15. The molecule has 8 aromatic rings. The molecule has 2 unspecified atom stereocenters. The third kappa shape index (κ3) is 31.3. The number of hydrazone groups is 6. The van der Waals surface area contributed by atoms with Crippen molar-refractivity contribution in [2.75, 3.05) is 225 Å². The molecule has 53 heteroatoms. The molecule has 21 rings (SSSR count). The molecule has 0 bridgehead atoms. The third-order valence-corrected chi connectivity index (χ3v) is 30.9. The molecule has 8 aromatic heterocycles. The Labute approximate surface area is 930 Å². The quantitative estimate of drug-likeness (QED) is 0.0471. The van der Waals surface area contributed by atoms with Crippen LogP contribution in [0.3, 0.4) is 0 Å². The van der Waals surface area contributed by atoms with Crippen LogP contribution in [0.2, 0.25) is 30.1 Å². The summed E-state index contributed by atoms with van der Waals surface area (Å²) in [6.45, 7) is 28.9. The summed E-state index contributed by atoms with van der Waals surface area (Å²) in [6, 6.07) is 23.1. The van der Waals surface area contributed by atoms with Gasteiger partial charge in [0.15, 0.2) is 30.7 Å². The first kappa shape index (κ1) is 111. The van der Waals surface area contributed by atoms with E-state index >= 15 is 0 Å². The molecule has 0 amide bonds. The van der Waals surface area contributed by atoms with Gasteiger partial charge in [0.05, 0.1) is 105 Å². The molecule has 4 atom stereocenters. The molecule has 0 radical (unpaired) electrons. The van der Waals surface area contributed by atoms with E-state index in [1.807, 2.05) is 90.2 Å². The van der Waals surface area contributed by atoms with E-state index < -0.39 is 10.0 Å². The fraction of sp³-hybridized carbons (Fsp3) is 0.458. The lowest BCUT2D eigenvalue weighted by molar-refractivity contribution is 0.0799. The van der Waals surface area contributed by atoms with Crippen LogP contribution in [0.4, 0.5) is 45.6 Å². The van der Waals surface area contributed by atoms with Crippen molar-refractivity contribution >= 4 is 264 Å². The number of thiocarbonyl (C=S) groups is 6. The minimum Gasteiger partial charge on any atom is -0.383 e. The van der Waals surface area contributed by atoms with Crippen molar-refractivity contribution in [3.63, 3.8) is 0 Å². The van der Waals surface area contributed by atoms with Crippen molar-refractivity contribution < 1.29 is 8.42 Å². The van der Waals surface area contributed by atoms with Gasteiger partial charge in [-0.3, -0.25) is 72.3 Å². The molecule has 0 spiro atoms. The number of piperazine rings is 6. The maximum atomic E-state index is 11.6. The van der Waals surface area contributed by atoms with E-state index in [1.165, 1.54) is 42.1 Å². The highest BCUT2D eigenvalue weighted by Crippen LogP contribution is 2.32. The zero-order chi connectivity index (χ0) is 104. The van der Waals surface area contributed by atoms with Crippen LogP contribution in [-0.2, 0) is 10.0 Å². The molecule has 7 saturated heterocycles. The molecule has 21 heterocycles. The summed E-state index contributed by atoms with van der Waals surface area (Å²) in [6.07, 6.45) is 25.1. The van der Waals surface area contributed by atoms with Gasteiger partial charge in [0, 0.05) is 294 Å². The molecule has 40 nitrogen and oxygen atoms in total. The van der Waals surface area contributed by atoms with Crippen LogP contribution >= 0.6 is 143 Å². The third-order valence-electron chi connectivity index (χ3n) is 26.3. The number of hydrogen-bond donors (Lipinski definition) is 14. The average molecular weight is 2280 g/mol. The Bertz CT molecular complexity index is 6230. The van der Waals surface area contributed by atoms with E-state index in [4.69, 9.17) is 143 Å². The van der Waals surface area contributed by atoms with E-state index in [0.29, 0.717) is 111 Å². The van der Waals surface area contributed by atoms with Crippen LogP contribution in [0, 0.1) is 0 Å². The van der Waals surface area contributed by atoms with Gasteiger partial charge in [-0.2, -0.15) is 34.9 Å². The molecular weight excluding hydrogens is 2150 g/mol. The molecule has 13 aliphatic heterocycles. The SMILES string of the molecule is CC1CN(C(=S)N/N=C2/CCNc3cc(Cl)cnc32)CCN1.CS(=O)(=O)N1CCN(C(=S)N/N=C2/CCNc3cc(Cl)cnc32)CC1.C[C@@H]1CN(C(=S)N/N=C2/CCNc3cc(Cl)cnc32)C[C@H](C)N1.S=C(N/N=C1/CCNc2cc(Cl)cnc21)N1CCN(c2ccccn2)CC1.S=C(N/N=C1/CCNc2cc(Cl)cnc21)N1CCN(c2ccncc2)CC1.S=C(N/N=C1/CCNc2cc(Cl)cnc21)N1CCN2CCCCC2C1. The van der Waals surface area contributed by atoms with Crippen molar-refractivity contribution in [1.29, 1.82) is 0 Å². The molecule has 792 valence electrons. The minimum absolute atomic E-state index is 0.412. The van der Waals surface area contributed by atoms with Gasteiger partial charge in [-0.25, -0.2) is 13.4 Å². The van der Waals surface area contributed by atoms with Gasteiger partial charge >= 0.3 is 0 Å². The number of nitrogens with one attached hydrogen (secondary N) is 14. The van der Waals surface area contributed by atoms with E-state index in [9.17, 15) is 8.42 Å². The average Bonchev–Trinajstić information content (AvgIpc) is 0.825. The highest BCUT2D eigenvalue weighted by atomic mass is 35.5. The summed E-state index contributed by atoms with van der Waals surface area (Å²) < 4.78 is 24.6. The second-order valence-electron chi connectivity index (χ2n) is 37.0. The Morgan fingerprint density at radius 2 is 0.671 bits per heavy atom. The molecule has 0 aliphatic carbocycles. The van der Waals surface area contributed by atoms with E-state index in [1.54, 1.807) is 37.2 Å². The summed E-state index contributed by atoms with van der Waals surface area (Å²) in [7, 11) is -3.15. The van der Waals surface area contributed by atoms with Crippen LogP contribution < -0.4 is 84.9 Å². The number of rotatable bonds is 9. The first-order valence-electron chi connectivity index (χ1n) is 49.7. The number of piperidine rings is 1. The molecule has 149 heavy (non-hydrogen) atoms. The molecule has 0 aromatic carbocycles. The van der Waals surface area contributed by atoms with Crippen molar-refractivity contribution in [2.45, 2.75) is 103 Å². The first-order valence-corrected chi connectivity index (χ1v) is 56.3. The van der Waals surface area contributed by atoms with Crippen molar-refractivity contribution in [3.8, 4) is 0 Å². The number of anilines is 8. The fourth-order valence-corrected chi connectivity index (χ4v) is 21.8. The number of hydrogen-bond acceptors (Lipinski definition) is 33.